The van der Waals surface area contributed by atoms with Crippen molar-refractivity contribution in [1.82, 2.24) is 9.78 Å². The molecular formula is C14H20ClN3O. The normalized spacial score (nSPS) is 10.0. The van der Waals surface area contributed by atoms with Gasteiger partial charge in [0.2, 0.25) is 0 Å². The lowest BCUT2D eigenvalue weighted by Gasteiger charge is -2.07. The molecule has 0 atom stereocenters. The van der Waals surface area contributed by atoms with Crippen molar-refractivity contribution in [2.75, 3.05) is 13.2 Å². The van der Waals surface area contributed by atoms with Crippen LogP contribution in [0.2, 0.25) is 0 Å². The van der Waals surface area contributed by atoms with E-state index in [1.807, 2.05) is 42.2 Å². The summed E-state index contributed by atoms with van der Waals surface area (Å²) in [5.41, 5.74) is 7.66. The van der Waals surface area contributed by atoms with Crippen LogP contribution in [0.5, 0.6) is 5.75 Å². The first kappa shape index (κ1) is 15.5. The summed E-state index contributed by atoms with van der Waals surface area (Å²) in [4.78, 5) is 0. The first-order valence-corrected chi connectivity index (χ1v) is 6.30. The van der Waals surface area contributed by atoms with Crippen molar-refractivity contribution in [3.05, 3.63) is 36.7 Å². The highest BCUT2D eigenvalue weighted by Gasteiger charge is 2.07. The van der Waals surface area contributed by atoms with Gasteiger partial charge in [-0.2, -0.15) is 5.10 Å². The van der Waals surface area contributed by atoms with Crippen LogP contribution in [0.4, 0.5) is 0 Å². The number of aromatic nitrogens is 2. The molecule has 19 heavy (non-hydrogen) atoms. The van der Waals surface area contributed by atoms with Gasteiger partial charge in [-0.05, 0) is 26.0 Å². The maximum absolute atomic E-state index is 5.62. The number of nitrogens with two attached hydrogens (primary N) is 1. The Balaban J connectivity index is 0.00000180. The first-order valence-electron chi connectivity index (χ1n) is 6.30. The number of hydrogen-bond donors (Lipinski definition) is 1. The topological polar surface area (TPSA) is 53.1 Å². The molecule has 0 spiro atoms. The van der Waals surface area contributed by atoms with Gasteiger partial charge in [0.15, 0.2) is 0 Å². The summed E-state index contributed by atoms with van der Waals surface area (Å²) in [6.45, 7) is 4.19. The van der Waals surface area contributed by atoms with Crippen molar-refractivity contribution in [3.8, 4) is 16.9 Å². The van der Waals surface area contributed by atoms with E-state index in [4.69, 9.17) is 10.5 Å². The van der Waals surface area contributed by atoms with E-state index in [0.717, 1.165) is 29.8 Å². The van der Waals surface area contributed by atoms with Crippen LogP contribution >= 0.6 is 12.4 Å². The van der Waals surface area contributed by atoms with Crippen molar-refractivity contribution >= 4 is 12.4 Å². The molecule has 1 aromatic carbocycles. The molecule has 0 bridgehead atoms. The van der Waals surface area contributed by atoms with E-state index in [2.05, 4.69) is 11.2 Å². The van der Waals surface area contributed by atoms with E-state index in [1.165, 1.54) is 0 Å². The largest absolute Gasteiger partial charge is 0.493 e. The lowest BCUT2D eigenvalue weighted by Crippen LogP contribution is -2.05. The predicted molar refractivity (Wildman–Crippen MR) is 79.8 cm³/mol. The number of ether oxygens (including phenoxy) is 1. The molecule has 1 aromatic heterocycles. The molecule has 0 aliphatic heterocycles. The van der Waals surface area contributed by atoms with Crippen molar-refractivity contribution in [3.63, 3.8) is 0 Å². The summed E-state index contributed by atoms with van der Waals surface area (Å²) in [6, 6.07) is 8.02. The van der Waals surface area contributed by atoms with Gasteiger partial charge in [0.1, 0.15) is 5.75 Å². The second kappa shape index (κ2) is 7.81. The Labute approximate surface area is 120 Å². The van der Waals surface area contributed by atoms with E-state index in [9.17, 15) is 0 Å². The number of benzene rings is 1. The quantitative estimate of drug-likeness (QED) is 0.886. The van der Waals surface area contributed by atoms with Crippen LogP contribution in [0.15, 0.2) is 36.7 Å². The van der Waals surface area contributed by atoms with Crippen LogP contribution in [0.25, 0.3) is 11.1 Å². The molecule has 5 heteroatoms. The number of aryl methyl sites for hydroxylation is 1. The Kier molecular flexibility index (Phi) is 6.39. The summed E-state index contributed by atoms with van der Waals surface area (Å²) in [5.74, 6) is 0.901. The second-order valence-electron chi connectivity index (χ2n) is 4.06. The van der Waals surface area contributed by atoms with Crippen LogP contribution in [0.3, 0.4) is 0 Å². The van der Waals surface area contributed by atoms with Gasteiger partial charge < -0.3 is 10.5 Å². The molecule has 4 nitrogen and oxygen atoms in total. The third-order valence-corrected chi connectivity index (χ3v) is 2.72. The summed E-state index contributed by atoms with van der Waals surface area (Å²) in [6.07, 6.45) is 4.84. The highest BCUT2D eigenvalue weighted by molar-refractivity contribution is 5.85. The lowest BCUT2D eigenvalue weighted by molar-refractivity contribution is 0.341. The monoisotopic (exact) mass is 281 g/mol. The van der Waals surface area contributed by atoms with Gasteiger partial charge in [0.05, 0.1) is 12.8 Å². The van der Waals surface area contributed by atoms with E-state index in [0.29, 0.717) is 13.2 Å². The molecular weight excluding hydrogens is 262 g/mol. The second-order valence-corrected chi connectivity index (χ2v) is 4.06. The third kappa shape index (κ3) is 3.98. The van der Waals surface area contributed by atoms with E-state index < -0.39 is 0 Å². The van der Waals surface area contributed by atoms with Crippen molar-refractivity contribution in [1.29, 1.82) is 0 Å². The smallest absolute Gasteiger partial charge is 0.127 e. The third-order valence-electron chi connectivity index (χ3n) is 2.72. The van der Waals surface area contributed by atoms with Gasteiger partial charge in [-0.3, -0.25) is 4.68 Å². The highest BCUT2D eigenvalue weighted by atomic mass is 35.5. The van der Waals surface area contributed by atoms with Crippen LogP contribution < -0.4 is 10.5 Å². The van der Waals surface area contributed by atoms with Gasteiger partial charge in [-0.1, -0.05) is 18.2 Å². The lowest BCUT2D eigenvalue weighted by atomic mass is 10.1. The van der Waals surface area contributed by atoms with Crippen molar-refractivity contribution in [2.24, 2.45) is 5.73 Å². The number of para-hydroxylation sites is 1. The van der Waals surface area contributed by atoms with E-state index >= 15 is 0 Å². The fourth-order valence-electron chi connectivity index (χ4n) is 1.86. The fraction of sp³-hybridized carbons (Fsp3) is 0.357. The average Bonchev–Trinajstić information content (AvgIpc) is 2.86. The SMILES string of the molecule is CCOc1ccccc1-c1cnn(CCCN)c1.Cl. The molecule has 104 valence electrons. The molecule has 0 radical (unpaired) electrons. The van der Waals surface area contributed by atoms with Gasteiger partial charge in [-0.15, -0.1) is 12.4 Å². The van der Waals surface area contributed by atoms with Gasteiger partial charge in [-0.25, -0.2) is 0 Å². The van der Waals surface area contributed by atoms with Crippen LogP contribution in [0, 0.1) is 0 Å². The van der Waals surface area contributed by atoms with Crippen molar-refractivity contribution in [2.45, 2.75) is 19.9 Å². The Hall–Kier alpha value is -1.52. The number of rotatable bonds is 6. The molecule has 2 aromatic rings. The molecule has 0 saturated carbocycles. The van der Waals surface area contributed by atoms with Crippen LogP contribution in [-0.4, -0.2) is 22.9 Å². The van der Waals surface area contributed by atoms with Crippen LogP contribution in [-0.2, 0) is 6.54 Å². The van der Waals surface area contributed by atoms with E-state index in [-0.39, 0.29) is 12.4 Å². The maximum atomic E-state index is 5.62. The standard InChI is InChI=1S/C14H19N3O.ClH/c1-2-18-14-7-4-3-6-13(14)12-10-16-17(11-12)9-5-8-15;/h3-4,6-7,10-11H,2,5,8-9,15H2,1H3;1H. The fourth-order valence-corrected chi connectivity index (χ4v) is 1.86. The zero-order chi connectivity index (χ0) is 12.8. The number of halogens is 1. The number of nitrogens with zero attached hydrogens (tertiary/aromatic N) is 2. The van der Waals surface area contributed by atoms with Gasteiger partial charge in [0.25, 0.3) is 0 Å². The zero-order valence-corrected chi connectivity index (χ0v) is 11.9. The Morgan fingerprint density at radius 3 is 2.84 bits per heavy atom. The maximum Gasteiger partial charge on any atom is 0.127 e. The van der Waals surface area contributed by atoms with Gasteiger partial charge in [0, 0.05) is 23.9 Å². The minimum Gasteiger partial charge on any atom is -0.493 e. The number of hydrogen-bond acceptors (Lipinski definition) is 3. The van der Waals surface area contributed by atoms with Crippen LogP contribution in [0.1, 0.15) is 13.3 Å². The van der Waals surface area contributed by atoms with Gasteiger partial charge >= 0.3 is 0 Å². The first-order chi connectivity index (χ1) is 8.85. The predicted octanol–water partition coefficient (Wildman–Crippen LogP) is 2.72. The summed E-state index contributed by atoms with van der Waals surface area (Å²) < 4.78 is 7.55. The zero-order valence-electron chi connectivity index (χ0n) is 11.1. The molecule has 0 saturated heterocycles. The summed E-state index contributed by atoms with van der Waals surface area (Å²) in [7, 11) is 0. The molecule has 0 unspecified atom stereocenters. The van der Waals surface area contributed by atoms with Crippen molar-refractivity contribution < 1.29 is 4.74 Å². The molecule has 0 aliphatic carbocycles. The molecule has 2 N–H and O–H groups in total. The Morgan fingerprint density at radius 1 is 1.32 bits per heavy atom. The molecule has 2 rings (SSSR count). The molecule has 0 aliphatic rings. The minimum absolute atomic E-state index is 0. The highest BCUT2D eigenvalue weighted by Crippen LogP contribution is 2.29. The molecule has 0 amide bonds. The summed E-state index contributed by atoms with van der Waals surface area (Å²) in [5, 5.41) is 4.34. The minimum atomic E-state index is 0. The summed E-state index contributed by atoms with van der Waals surface area (Å²) >= 11 is 0. The average molecular weight is 282 g/mol. The Morgan fingerprint density at radius 2 is 2.11 bits per heavy atom. The van der Waals surface area contributed by atoms with E-state index in [1.54, 1.807) is 0 Å². The Bertz CT molecular complexity index is 499. The molecule has 0 fully saturated rings. The molecule has 1 heterocycles.